The van der Waals surface area contributed by atoms with Crippen molar-refractivity contribution in [3.05, 3.63) is 71.8 Å². The van der Waals surface area contributed by atoms with Crippen LogP contribution in [0.15, 0.2) is 60.7 Å². The van der Waals surface area contributed by atoms with Crippen molar-refractivity contribution >= 4 is 23.5 Å². The first kappa shape index (κ1) is 30.4. The summed E-state index contributed by atoms with van der Waals surface area (Å²) >= 11 is 0. The summed E-state index contributed by atoms with van der Waals surface area (Å²) in [5.74, 6) is -0.951. The van der Waals surface area contributed by atoms with Gasteiger partial charge in [0.25, 0.3) is 0 Å². The van der Waals surface area contributed by atoms with Crippen molar-refractivity contribution in [3.63, 3.8) is 0 Å². The molecule has 2 aliphatic rings. The van der Waals surface area contributed by atoms with Crippen molar-refractivity contribution in [2.24, 2.45) is 11.8 Å². The minimum absolute atomic E-state index is 0.0150. The minimum Gasteiger partial charge on any atom is -0.343 e. The molecule has 0 bridgehead atoms. The largest absolute Gasteiger partial charge is 0.343 e. The second-order valence-electron chi connectivity index (χ2n) is 11.9. The third-order valence-corrected chi connectivity index (χ3v) is 8.43. The maximum atomic E-state index is 14.2. The lowest BCUT2D eigenvalue weighted by atomic mass is 9.94. The molecular formula is C33H44N4O4. The summed E-state index contributed by atoms with van der Waals surface area (Å²) in [5, 5.41) is 6.20. The van der Waals surface area contributed by atoms with Crippen molar-refractivity contribution in [2.45, 2.75) is 77.0 Å². The van der Waals surface area contributed by atoms with Crippen molar-refractivity contribution < 1.29 is 19.2 Å². The normalized spacial score (nSPS) is 21.8. The van der Waals surface area contributed by atoms with E-state index in [1.807, 2.05) is 74.5 Å². The molecule has 2 fully saturated rings. The van der Waals surface area contributed by atoms with Gasteiger partial charge in [-0.3, -0.25) is 19.2 Å². The van der Waals surface area contributed by atoms with Crippen LogP contribution in [0.25, 0.3) is 0 Å². The molecule has 0 radical (unpaired) electrons. The average molecular weight is 561 g/mol. The van der Waals surface area contributed by atoms with Gasteiger partial charge in [-0.1, -0.05) is 74.5 Å². The van der Waals surface area contributed by atoms with Crippen LogP contribution in [0.4, 0.5) is 0 Å². The zero-order chi connectivity index (χ0) is 29.5. The number of fused-ring (bicyclic) bond motifs is 1. The number of hydrogen-bond acceptors (Lipinski definition) is 5. The molecule has 2 N–H and O–H groups in total. The Bertz CT molecular complexity index is 1160. The lowest BCUT2D eigenvalue weighted by molar-refractivity contribution is -0.149. The molecule has 8 nitrogen and oxygen atoms in total. The number of hydrogen-bond donors (Lipinski definition) is 2. The monoisotopic (exact) mass is 560 g/mol. The van der Waals surface area contributed by atoms with Gasteiger partial charge in [-0.05, 0) is 50.3 Å². The molecule has 4 atom stereocenters. The van der Waals surface area contributed by atoms with Crippen LogP contribution in [-0.4, -0.2) is 71.6 Å². The molecule has 0 aromatic heterocycles. The molecule has 4 rings (SSSR count). The predicted molar refractivity (Wildman–Crippen MR) is 159 cm³/mol. The van der Waals surface area contributed by atoms with Gasteiger partial charge in [0.2, 0.25) is 17.7 Å². The summed E-state index contributed by atoms with van der Waals surface area (Å²) in [4.78, 5) is 57.7. The van der Waals surface area contributed by atoms with Crippen LogP contribution in [0.1, 0.15) is 70.0 Å². The molecule has 2 aromatic carbocycles. The third kappa shape index (κ3) is 7.41. The zero-order valence-electron chi connectivity index (χ0n) is 24.7. The highest BCUT2D eigenvalue weighted by Gasteiger charge is 2.45. The Hall–Kier alpha value is -3.52. The second kappa shape index (κ2) is 13.9. The first-order valence-electron chi connectivity index (χ1n) is 14.9. The summed E-state index contributed by atoms with van der Waals surface area (Å²) in [6.07, 6.45) is 2.28. The van der Waals surface area contributed by atoms with E-state index in [4.69, 9.17) is 0 Å². The highest BCUT2D eigenvalue weighted by Crippen LogP contribution is 2.33. The molecule has 1 unspecified atom stereocenters. The maximum Gasteiger partial charge on any atom is 0.243 e. The lowest BCUT2D eigenvalue weighted by Crippen LogP contribution is -2.56. The molecule has 0 saturated carbocycles. The highest BCUT2D eigenvalue weighted by molar-refractivity contribution is 5.93. The van der Waals surface area contributed by atoms with E-state index in [9.17, 15) is 19.2 Å². The third-order valence-electron chi connectivity index (χ3n) is 8.43. The summed E-state index contributed by atoms with van der Waals surface area (Å²) in [5.41, 5.74) is 1.92. The van der Waals surface area contributed by atoms with Crippen LogP contribution in [0.2, 0.25) is 0 Å². The smallest absolute Gasteiger partial charge is 0.243 e. The first-order valence-corrected chi connectivity index (χ1v) is 14.9. The molecule has 3 amide bonds. The van der Waals surface area contributed by atoms with E-state index >= 15 is 0 Å². The fourth-order valence-electron chi connectivity index (χ4n) is 6.03. The number of likely N-dealkylation sites (N-methyl/N-ethyl adjacent to an activating group) is 1. The first-order chi connectivity index (χ1) is 19.7. The Balaban J connectivity index is 1.60. The van der Waals surface area contributed by atoms with Gasteiger partial charge >= 0.3 is 0 Å². The van der Waals surface area contributed by atoms with Crippen molar-refractivity contribution in [1.82, 2.24) is 20.4 Å². The Labute approximate surface area is 243 Å². The van der Waals surface area contributed by atoms with Gasteiger partial charge in [0, 0.05) is 32.0 Å². The zero-order valence-corrected chi connectivity index (χ0v) is 24.7. The summed E-state index contributed by atoms with van der Waals surface area (Å²) in [6.45, 7) is 6.49. The number of amides is 3. The van der Waals surface area contributed by atoms with Crippen LogP contribution in [0, 0.1) is 11.8 Å². The van der Waals surface area contributed by atoms with Crippen molar-refractivity contribution in [3.8, 4) is 0 Å². The molecule has 2 saturated heterocycles. The predicted octanol–water partition coefficient (Wildman–Crippen LogP) is 3.71. The van der Waals surface area contributed by atoms with Crippen LogP contribution in [0.3, 0.4) is 0 Å². The van der Waals surface area contributed by atoms with Crippen LogP contribution < -0.4 is 10.6 Å². The quantitative estimate of drug-likeness (QED) is 0.462. The van der Waals surface area contributed by atoms with Crippen LogP contribution >= 0.6 is 0 Å². The van der Waals surface area contributed by atoms with Gasteiger partial charge in [0.05, 0.1) is 18.0 Å². The Kier molecular flexibility index (Phi) is 10.3. The van der Waals surface area contributed by atoms with E-state index in [1.165, 1.54) is 0 Å². The molecular weight excluding hydrogens is 516 g/mol. The number of nitrogens with zero attached hydrogens (tertiary/aromatic N) is 2. The molecule has 8 heteroatoms. The number of benzene rings is 2. The van der Waals surface area contributed by atoms with Gasteiger partial charge in [-0.25, -0.2) is 0 Å². The van der Waals surface area contributed by atoms with E-state index in [0.29, 0.717) is 32.2 Å². The number of nitrogens with one attached hydrogen (secondary N) is 2. The van der Waals surface area contributed by atoms with Gasteiger partial charge in [0.15, 0.2) is 0 Å². The van der Waals surface area contributed by atoms with Crippen molar-refractivity contribution in [1.29, 1.82) is 0 Å². The number of carbonyl (C=O) groups excluding carboxylic acids is 4. The van der Waals surface area contributed by atoms with Gasteiger partial charge < -0.3 is 20.4 Å². The van der Waals surface area contributed by atoms with Gasteiger partial charge in [-0.2, -0.15) is 0 Å². The summed E-state index contributed by atoms with van der Waals surface area (Å²) in [6, 6.07) is 18.1. The van der Waals surface area contributed by atoms with E-state index in [2.05, 4.69) is 10.6 Å². The molecule has 41 heavy (non-hydrogen) atoms. The van der Waals surface area contributed by atoms with E-state index in [1.54, 1.807) is 23.8 Å². The number of Topliss-reactive ketones (excluding diaryl/α,β-unsaturated/α-hetero) is 1. The SMILES string of the molecule is CN[C@@H](C)C(=O)CC1CN(C(=O)CC(C)C)CC[C@H]2CC[C@@H](C(=O)NC(c3ccccc3)c3ccccc3)N2C1=O. The molecule has 2 heterocycles. The lowest BCUT2D eigenvalue weighted by Gasteiger charge is -2.39. The fraction of sp³-hybridized carbons (Fsp3) is 0.515. The van der Waals surface area contributed by atoms with Crippen LogP contribution in [-0.2, 0) is 19.2 Å². The standard InChI is InChI=1S/C33H44N4O4/c1-22(2)19-30(39)36-18-17-27-15-16-28(37(27)33(41)26(21-36)20-29(38)23(3)34-4)32(40)35-31(24-11-7-5-8-12-24)25-13-9-6-10-14-25/h5-14,22-23,26-28,31,34H,15-21H2,1-4H3,(H,35,40)/t23-,26?,27+,28-/m0/s1. The number of carbonyl (C=O) groups is 4. The maximum absolute atomic E-state index is 14.2. The highest BCUT2D eigenvalue weighted by atomic mass is 16.2. The minimum atomic E-state index is -0.690. The van der Waals surface area contributed by atoms with Crippen molar-refractivity contribution in [2.75, 3.05) is 20.1 Å². The molecule has 0 aliphatic carbocycles. The molecule has 2 aromatic rings. The number of rotatable bonds is 10. The Morgan fingerprint density at radius 1 is 0.902 bits per heavy atom. The van der Waals surface area contributed by atoms with Gasteiger partial charge in [0.1, 0.15) is 11.8 Å². The molecule has 220 valence electrons. The molecule has 2 aliphatic heterocycles. The topological polar surface area (TPSA) is 98.8 Å². The summed E-state index contributed by atoms with van der Waals surface area (Å²) < 4.78 is 0. The Morgan fingerprint density at radius 2 is 1.51 bits per heavy atom. The van der Waals surface area contributed by atoms with Gasteiger partial charge in [-0.15, -0.1) is 0 Å². The number of ketones is 1. The van der Waals surface area contributed by atoms with E-state index in [0.717, 1.165) is 11.1 Å². The molecule has 0 spiro atoms. The summed E-state index contributed by atoms with van der Waals surface area (Å²) in [7, 11) is 1.72. The van der Waals surface area contributed by atoms with E-state index < -0.39 is 18.0 Å². The fourth-order valence-corrected chi connectivity index (χ4v) is 6.03. The second-order valence-corrected chi connectivity index (χ2v) is 11.9. The Morgan fingerprint density at radius 3 is 2.07 bits per heavy atom. The van der Waals surface area contributed by atoms with Crippen LogP contribution in [0.5, 0.6) is 0 Å². The van der Waals surface area contributed by atoms with E-state index in [-0.39, 0.29) is 54.5 Å². The average Bonchev–Trinajstić information content (AvgIpc) is 3.39.